The van der Waals surface area contributed by atoms with E-state index in [4.69, 9.17) is 4.74 Å². The van der Waals surface area contributed by atoms with Crippen molar-refractivity contribution in [2.24, 2.45) is 0 Å². The number of amides is 1. The first-order valence-corrected chi connectivity index (χ1v) is 4.60. The first-order chi connectivity index (χ1) is 6.72. The van der Waals surface area contributed by atoms with Crippen LogP contribution in [0, 0.1) is 0 Å². The molecule has 1 aromatic rings. The van der Waals surface area contributed by atoms with Crippen molar-refractivity contribution < 1.29 is 9.53 Å². The van der Waals surface area contributed by atoms with Crippen LogP contribution in [0.25, 0.3) is 0 Å². The molecular formula is C10H14N2O2. The van der Waals surface area contributed by atoms with Crippen molar-refractivity contribution in [1.29, 1.82) is 0 Å². The molecule has 1 unspecified atom stereocenters. The van der Waals surface area contributed by atoms with Crippen LogP contribution >= 0.6 is 0 Å². The maximum atomic E-state index is 11.2. The average Bonchev–Trinajstić information content (AvgIpc) is 2.19. The molecule has 14 heavy (non-hydrogen) atoms. The standard InChI is InChI=1S/C10H14N2O2/c1-3-8(2)14-10(13)12-9-5-4-6-11-7-9/h4-8H,3H2,1-2H3,(H,12,13). The number of carbonyl (C=O) groups is 1. The largest absolute Gasteiger partial charge is 0.446 e. The zero-order valence-corrected chi connectivity index (χ0v) is 8.36. The molecule has 0 saturated carbocycles. The molecule has 1 heterocycles. The van der Waals surface area contributed by atoms with Crippen LogP contribution in [-0.4, -0.2) is 17.2 Å². The minimum Gasteiger partial charge on any atom is -0.446 e. The number of carbonyl (C=O) groups excluding carboxylic acids is 1. The Morgan fingerprint density at radius 1 is 1.71 bits per heavy atom. The third-order valence-electron chi connectivity index (χ3n) is 1.79. The Labute approximate surface area is 83.3 Å². The molecule has 1 amide bonds. The van der Waals surface area contributed by atoms with Gasteiger partial charge in [-0.15, -0.1) is 0 Å². The first kappa shape index (κ1) is 10.5. The predicted octanol–water partition coefficient (Wildman–Crippen LogP) is 2.43. The molecule has 0 aliphatic rings. The smallest absolute Gasteiger partial charge is 0.411 e. The van der Waals surface area contributed by atoms with Gasteiger partial charge in [0.25, 0.3) is 0 Å². The van der Waals surface area contributed by atoms with Gasteiger partial charge in [0.2, 0.25) is 0 Å². The molecule has 0 radical (unpaired) electrons. The van der Waals surface area contributed by atoms with Gasteiger partial charge >= 0.3 is 6.09 Å². The van der Waals surface area contributed by atoms with Crippen molar-refractivity contribution in [1.82, 2.24) is 4.98 Å². The fourth-order valence-corrected chi connectivity index (χ4v) is 0.850. The van der Waals surface area contributed by atoms with Crippen molar-refractivity contribution in [2.45, 2.75) is 26.4 Å². The maximum Gasteiger partial charge on any atom is 0.411 e. The van der Waals surface area contributed by atoms with E-state index in [2.05, 4.69) is 10.3 Å². The predicted molar refractivity (Wildman–Crippen MR) is 54.1 cm³/mol. The summed E-state index contributed by atoms with van der Waals surface area (Å²) >= 11 is 0. The lowest BCUT2D eigenvalue weighted by Gasteiger charge is -2.11. The summed E-state index contributed by atoms with van der Waals surface area (Å²) in [4.78, 5) is 15.1. The second-order valence-electron chi connectivity index (χ2n) is 2.99. The van der Waals surface area contributed by atoms with E-state index in [0.717, 1.165) is 6.42 Å². The molecule has 1 aromatic heterocycles. The number of ether oxygens (including phenoxy) is 1. The normalized spacial score (nSPS) is 11.9. The van der Waals surface area contributed by atoms with Gasteiger partial charge < -0.3 is 4.74 Å². The minimum atomic E-state index is -0.438. The Hall–Kier alpha value is -1.58. The number of hydrogen-bond acceptors (Lipinski definition) is 3. The summed E-state index contributed by atoms with van der Waals surface area (Å²) in [6.45, 7) is 3.81. The molecule has 0 spiro atoms. The summed E-state index contributed by atoms with van der Waals surface area (Å²) in [5.41, 5.74) is 0.640. The lowest BCUT2D eigenvalue weighted by atomic mass is 10.3. The molecule has 1 rings (SSSR count). The van der Waals surface area contributed by atoms with E-state index in [1.807, 2.05) is 13.8 Å². The molecule has 1 N–H and O–H groups in total. The number of nitrogens with zero attached hydrogens (tertiary/aromatic N) is 1. The summed E-state index contributed by atoms with van der Waals surface area (Å²) < 4.78 is 5.03. The Bertz CT molecular complexity index is 287. The van der Waals surface area contributed by atoms with E-state index in [1.165, 1.54) is 0 Å². The van der Waals surface area contributed by atoms with Gasteiger partial charge in [-0.1, -0.05) is 6.92 Å². The van der Waals surface area contributed by atoms with E-state index >= 15 is 0 Å². The highest BCUT2D eigenvalue weighted by molar-refractivity contribution is 5.84. The summed E-state index contributed by atoms with van der Waals surface area (Å²) in [5, 5.41) is 2.58. The Morgan fingerprint density at radius 2 is 2.50 bits per heavy atom. The zero-order valence-electron chi connectivity index (χ0n) is 8.36. The Balaban J connectivity index is 2.42. The summed E-state index contributed by atoms with van der Waals surface area (Å²) in [6, 6.07) is 3.50. The van der Waals surface area contributed by atoms with E-state index < -0.39 is 6.09 Å². The third-order valence-corrected chi connectivity index (χ3v) is 1.79. The van der Waals surface area contributed by atoms with Crippen LogP contribution in [0.2, 0.25) is 0 Å². The highest BCUT2D eigenvalue weighted by Crippen LogP contribution is 2.04. The van der Waals surface area contributed by atoms with Crippen LogP contribution < -0.4 is 5.32 Å². The molecule has 1 atom stereocenters. The fraction of sp³-hybridized carbons (Fsp3) is 0.400. The summed E-state index contributed by atoms with van der Waals surface area (Å²) in [5.74, 6) is 0. The van der Waals surface area contributed by atoms with E-state index in [0.29, 0.717) is 5.69 Å². The molecule has 4 nitrogen and oxygen atoms in total. The number of pyridine rings is 1. The second-order valence-corrected chi connectivity index (χ2v) is 2.99. The molecule has 0 aromatic carbocycles. The monoisotopic (exact) mass is 194 g/mol. The van der Waals surface area contributed by atoms with Crippen LogP contribution in [0.4, 0.5) is 10.5 Å². The number of anilines is 1. The number of nitrogens with one attached hydrogen (secondary N) is 1. The van der Waals surface area contributed by atoms with Crippen LogP contribution in [0.5, 0.6) is 0 Å². The van der Waals surface area contributed by atoms with Gasteiger partial charge in [0.1, 0.15) is 6.10 Å². The third kappa shape index (κ3) is 3.43. The zero-order chi connectivity index (χ0) is 10.4. The molecular weight excluding hydrogens is 180 g/mol. The van der Waals surface area contributed by atoms with Crippen molar-refractivity contribution >= 4 is 11.8 Å². The van der Waals surface area contributed by atoms with Crippen LogP contribution in [0.1, 0.15) is 20.3 Å². The van der Waals surface area contributed by atoms with Gasteiger partial charge in [-0.3, -0.25) is 10.3 Å². The van der Waals surface area contributed by atoms with Gasteiger partial charge in [0.05, 0.1) is 11.9 Å². The van der Waals surface area contributed by atoms with E-state index in [9.17, 15) is 4.79 Å². The lowest BCUT2D eigenvalue weighted by molar-refractivity contribution is 0.118. The Kier molecular flexibility index (Phi) is 3.91. The van der Waals surface area contributed by atoms with Crippen LogP contribution in [-0.2, 0) is 4.74 Å². The van der Waals surface area contributed by atoms with Crippen molar-refractivity contribution in [3.05, 3.63) is 24.5 Å². The molecule has 0 saturated heterocycles. The number of aromatic nitrogens is 1. The van der Waals surface area contributed by atoms with Gasteiger partial charge in [-0.2, -0.15) is 0 Å². The lowest BCUT2D eigenvalue weighted by Crippen LogP contribution is -2.19. The molecule has 0 bridgehead atoms. The quantitative estimate of drug-likeness (QED) is 0.803. The fourth-order valence-electron chi connectivity index (χ4n) is 0.850. The van der Waals surface area contributed by atoms with E-state index in [-0.39, 0.29) is 6.10 Å². The average molecular weight is 194 g/mol. The van der Waals surface area contributed by atoms with E-state index in [1.54, 1.807) is 24.5 Å². The van der Waals surface area contributed by atoms with Crippen molar-refractivity contribution in [2.75, 3.05) is 5.32 Å². The van der Waals surface area contributed by atoms with Gasteiger partial charge in [0, 0.05) is 6.20 Å². The Morgan fingerprint density at radius 3 is 3.07 bits per heavy atom. The highest BCUT2D eigenvalue weighted by Gasteiger charge is 2.06. The molecule has 76 valence electrons. The minimum absolute atomic E-state index is 0.0633. The summed E-state index contributed by atoms with van der Waals surface area (Å²) in [6.07, 6.45) is 3.52. The molecule has 4 heteroatoms. The highest BCUT2D eigenvalue weighted by atomic mass is 16.6. The van der Waals surface area contributed by atoms with Gasteiger partial charge in [0.15, 0.2) is 0 Å². The van der Waals surface area contributed by atoms with Gasteiger partial charge in [-0.05, 0) is 25.5 Å². The molecule has 0 fully saturated rings. The van der Waals surface area contributed by atoms with Crippen molar-refractivity contribution in [3.8, 4) is 0 Å². The second kappa shape index (κ2) is 5.21. The number of hydrogen-bond donors (Lipinski definition) is 1. The number of rotatable bonds is 3. The van der Waals surface area contributed by atoms with Crippen LogP contribution in [0.3, 0.4) is 0 Å². The SMILES string of the molecule is CCC(C)OC(=O)Nc1cccnc1. The van der Waals surface area contributed by atoms with Crippen LogP contribution in [0.15, 0.2) is 24.5 Å². The topological polar surface area (TPSA) is 51.2 Å². The summed E-state index contributed by atoms with van der Waals surface area (Å²) in [7, 11) is 0. The van der Waals surface area contributed by atoms with Gasteiger partial charge in [-0.25, -0.2) is 4.79 Å². The molecule has 0 aliphatic carbocycles. The first-order valence-electron chi connectivity index (χ1n) is 4.60. The molecule has 0 aliphatic heterocycles. The van der Waals surface area contributed by atoms with Crippen molar-refractivity contribution in [3.63, 3.8) is 0 Å². The maximum absolute atomic E-state index is 11.2.